The molecule has 23 heavy (non-hydrogen) atoms. The summed E-state index contributed by atoms with van der Waals surface area (Å²) < 4.78 is 0. The van der Waals surface area contributed by atoms with Gasteiger partial charge in [-0.05, 0) is 54.9 Å². The predicted octanol–water partition coefficient (Wildman–Crippen LogP) is 4.89. The fraction of sp³-hybridized carbons (Fsp3) is 0.714. The van der Waals surface area contributed by atoms with Crippen LogP contribution in [-0.2, 0) is 9.59 Å². The molecule has 2 nitrogen and oxygen atoms in total. The Bertz CT molecular complexity index is 632. The van der Waals surface area contributed by atoms with Crippen LogP contribution in [0.4, 0.5) is 0 Å². The fourth-order valence-electron chi connectivity index (χ4n) is 6.12. The second-order valence-electron chi connectivity index (χ2n) is 9.31. The molecule has 3 rings (SSSR count). The molecule has 3 aliphatic carbocycles. The van der Waals surface area contributed by atoms with Gasteiger partial charge in [-0.25, -0.2) is 0 Å². The summed E-state index contributed by atoms with van der Waals surface area (Å²) in [5.74, 6) is 1.46. The predicted molar refractivity (Wildman–Crippen MR) is 93.0 cm³/mol. The quantitative estimate of drug-likeness (QED) is 0.646. The largest absolute Gasteiger partial charge is 0.290 e. The van der Waals surface area contributed by atoms with Gasteiger partial charge in [-0.2, -0.15) is 0 Å². The minimum absolute atomic E-state index is 0.111. The van der Waals surface area contributed by atoms with E-state index >= 15 is 0 Å². The summed E-state index contributed by atoms with van der Waals surface area (Å²) in [6.07, 6.45) is 5.71. The van der Waals surface area contributed by atoms with E-state index in [1.165, 1.54) is 6.42 Å². The molecule has 3 atom stereocenters. The maximum absolute atomic E-state index is 13.0. The molecule has 0 aromatic carbocycles. The standard InChI is InChI=1S/C21H30O2/c1-12(2)15-9-16(22)18-14(19(15)23)7-8-17-20(4,5)10-13(3)11-21(17,18)6/h9,12-13,17H,7-8,10-11H2,1-6H3. The van der Waals surface area contributed by atoms with Crippen LogP contribution in [0.3, 0.4) is 0 Å². The monoisotopic (exact) mass is 314 g/mol. The first-order valence-electron chi connectivity index (χ1n) is 9.12. The summed E-state index contributed by atoms with van der Waals surface area (Å²) in [6, 6.07) is 0. The summed E-state index contributed by atoms with van der Waals surface area (Å²) in [5.41, 5.74) is 2.50. The van der Waals surface area contributed by atoms with Crippen molar-refractivity contribution in [1.82, 2.24) is 0 Å². The van der Waals surface area contributed by atoms with Crippen molar-refractivity contribution in [2.24, 2.45) is 28.6 Å². The van der Waals surface area contributed by atoms with Crippen molar-refractivity contribution < 1.29 is 9.59 Å². The fourth-order valence-corrected chi connectivity index (χ4v) is 6.12. The summed E-state index contributed by atoms with van der Waals surface area (Å²) >= 11 is 0. The molecule has 0 aromatic rings. The molecule has 0 bridgehead atoms. The Morgan fingerprint density at radius 1 is 1.13 bits per heavy atom. The summed E-state index contributed by atoms with van der Waals surface area (Å²) in [7, 11) is 0. The molecule has 1 fully saturated rings. The third-order valence-electron chi connectivity index (χ3n) is 6.61. The number of allylic oxidation sites excluding steroid dienone is 4. The zero-order valence-electron chi connectivity index (χ0n) is 15.5. The van der Waals surface area contributed by atoms with E-state index in [4.69, 9.17) is 0 Å². The molecule has 1 saturated carbocycles. The van der Waals surface area contributed by atoms with Gasteiger partial charge in [0.25, 0.3) is 0 Å². The molecule has 0 aliphatic heterocycles. The average molecular weight is 314 g/mol. The molecule has 3 unspecified atom stereocenters. The SMILES string of the molecule is CC1CC(C)(C)C2CCC3=C(C(=O)C=C(C(C)C)C3=O)C2(C)C1. The van der Waals surface area contributed by atoms with Gasteiger partial charge in [0.2, 0.25) is 0 Å². The molecule has 0 saturated heterocycles. The number of carbonyl (C=O) groups is 2. The lowest BCUT2D eigenvalue weighted by molar-refractivity contribution is -0.119. The maximum atomic E-state index is 13.0. The zero-order chi connectivity index (χ0) is 17.2. The van der Waals surface area contributed by atoms with Crippen LogP contribution < -0.4 is 0 Å². The van der Waals surface area contributed by atoms with Crippen LogP contribution in [0.1, 0.15) is 67.2 Å². The Kier molecular flexibility index (Phi) is 3.74. The van der Waals surface area contributed by atoms with Crippen LogP contribution in [0.2, 0.25) is 0 Å². The van der Waals surface area contributed by atoms with E-state index in [1.54, 1.807) is 6.08 Å². The third kappa shape index (κ3) is 2.37. The molecule has 0 amide bonds. The van der Waals surface area contributed by atoms with Crippen LogP contribution in [0.25, 0.3) is 0 Å². The van der Waals surface area contributed by atoms with Crippen molar-refractivity contribution >= 4 is 11.6 Å². The average Bonchev–Trinajstić information content (AvgIpc) is 2.39. The lowest BCUT2D eigenvalue weighted by Gasteiger charge is -2.56. The first-order chi connectivity index (χ1) is 10.6. The van der Waals surface area contributed by atoms with Gasteiger partial charge in [0.15, 0.2) is 11.6 Å². The number of carbonyl (C=O) groups excluding carboxylic acids is 2. The maximum Gasteiger partial charge on any atom is 0.185 e. The topological polar surface area (TPSA) is 34.1 Å². The Labute approximate surface area is 140 Å². The number of hydrogen-bond donors (Lipinski definition) is 0. The first kappa shape index (κ1) is 16.7. The van der Waals surface area contributed by atoms with E-state index in [2.05, 4.69) is 27.7 Å². The van der Waals surface area contributed by atoms with Gasteiger partial charge < -0.3 is 0 Å². The van der Waals surface area contributed by atoms with Gasteiger partial charge in [-0.3, -0.25) is 9.59 Å². The lowest BCUT2D eigenvalue weighted by Crippen LogP contribution is -2.50. The molecule has 0 heterocycles. The minimum atomic E-state index is -0.138. The number of Topliss-reactive ketones (excluding diaryl/α,β-unsaturated/α-hetero) is 1. The van der Waals surface area contributed by atoms with Gasteiger partial charge in [0.05, 0.1) is 0 Å². The molecular weight excluding hydrogens is 284 g/mol. The summed E-state index contributed by atoms with van der Waals surface area (Å²) in [4.78, 5) is 25.9. The van der Waals surface area contributed by atoms with Crippen LogP contribution in [-0.4, -0.2) is 11.6 Å². The van der Waals surface area contributed by atoms with Crippen molar-refractivity contribution in [3.63, 3.8) is 0 Å². The highest BCUT2D eigenvalue weighted by molar-refractivity contribution is 6.23. The van der Waals surface area contributed by atoms with Gasteiger partial charge in [0, 0.05) is 22.1 Å². The Balaban J connectivity index is 2.12. The van der Waals surface area contributed by atoms with Gasteiger partial charge in [0.1, 0.15) is 0 Å². The van der Waals surface area contributed by atoms with Crippen LogP contribution in [0.5, 0.6) is 0 Å². The summed E-state index contributed by atoms with van der Waals surface area (Å²) in [6.45, 7) is 13.2. The third-order valence-corrected chi connectivity index (χ3v) is 6.61. The molecule has 126 valence electrons. The highest BCUT2D eigenvalue weighted by Gasteiger charge is 2.55. The van der Waals surface area contributed by atoms with E-state index < -0.39 is 0 Å². The number of fused-ring (bicyclic) bond motifs is 2. The highest BCUT2D eigenvalue weighted by Crippen LogP contribution is 2.61. The van der Waals surface area contributed by atoms with Crippen LogP contribution >= 0.6 is 0 Å². The Morgan fingerprint density at radius 2 is 1.78 bits per heavy atom. The molecular formula is C21H30O2. The van der Waals surface area contributed by atoms with Gasteiger partial charge >= 0.3 is 0 Å². The van der Waals surface area contributed by atoms with E-state index in [9.17, 15) is 9.59 Å². The zero-order valence-corrected chi connectivity index (χ0v) is 15.5. The number of ketones is 2. The van der Waals surface area contributed by atoms with Crippen molar-refractivity contribution in [2.75, 3.05) is 0 Å². The molecule has 0 N–H and O–H groups in total. The van der Waals surface area contributed by atoms with E-state index in [0.717, 1.165) is 30.4 Å². The lowest BCUT2D eigenvalue weighted by atomic mass is 9.47. The molecule has 0 aromatic heterocycles. The van der Waals surface area contributed by atoms with Crippen LogP contribution in [0.15, 0.2) is 22.8 Å². The molecule has 0 radical (unpaired) electrons. The second kappa shape index (κ2) is 5.16. The van der Waals surface area contributed by atoms with E-state index in [0.29, 0.717) is 17.4 Å². The normalized spacial score (nSPS) is 36.7. The Hall–Kier alpha value is -1.18. The van der Waals surface area contributed by atoms with Crippen LogP contribution in [0, 0.1) is 28.6 Å². The van der Waals surface area contributed by atoms with Gasteiger partial charge in [-0.1, -0.05) is 41.5 Å². The number of rotatable bonds is 1. The summed E-state index contributed by atoms with van der Waals surface area (Å²) in [5, 5.41) is 0. The smallest absolute Gasteiger partial charge is 0.185 e. The number of hydrogen-bond acceptors (Lipinski definition) is 2. The van der Waals surface area contributed by atoms with Crippen molar-refractivity contribution in [3.8, 4) is 0 Å². The minimum Gasteiger partial charge on any atom is -0.290 e. The van der Waals surface area contributed by atoms with Crippen molar-refractivity contribution in [3.05, 3.63) is 22.8 Å². The first-order valence-corrected chi connectivity index (χ1v) is 9.12. The highest BCUT2D eigenvalue weighted by atomic mass is 16.1. The van der Waals surface area contributed by atoms with E-state index in [1.807, 2.05) is 13.8 Å². The van der Waals surface area contributed by atoms with Crippen molar-refractivity contribution in [2.45, 2.75) is 67.2 Å². The van der Waals surface area contributed by atoms with Gasteiger partial charge in [-0.15, -0.1) is 0 Å². The molecule has 3 aliphatic rings. The molecule has 0 spiro atoms. The Morgan fingerprint density at radius 3 is 2.39 bits per heavy atom. The second-order valence-corrected chi connectivity index (χ2v) is 9.31. The molecule has 2 heteroatoms. The van der Waals surface area contributed by atoms with E-state index in [-0.39, 0.29) is 28.3 Å². The van der Waals surface area contributed by atoms with Crippen molar-refractivity contribution in [1.29, 1.82) is 0 Å².